The van der Waals surface area contributed by atoms with E-state index in [0.29, 0.717) is 5.92 Å². The summed E-state index contributed by atoms with van der Waals surface area (Å²) < 4.78 is 0. The smallest absolute Gasteiger partial charge is 0.0239 e. The van der Waals surface area contributed by atoms with Crippen molar-refractivity contribution in [3.8, 4) is 0 Å². The maximum atomic E-state index is 3.18. The van der Waals surface area contributed by atoms with E-state index >= 15 is 0 Å². The van der Waals surface area contributed by atoms with Gasteiger partial charge in [-0.25, -0.2) is 0 Å². The van der Waals surface area contributed by atoms with E-state index in [1.165, 1.54) is 41.1 Å². The minimum Gasteiger partial charge on any atom is -0.126 e. The summed E-state index contributed by atoms with van der Waals surface area (Å²) in [6.45, 7) is 0. The monoisotopic (exact) mass is 240 g/mol. The first kappa shape index (κ1) is 11.0. The van der Waals surface area contributed by atoms with Crippen LogP contribution in [0.25, 0.3) is 0 Å². The first-order valence-corrected chi connectivity index (χ1v) is 7.24. The molecule has 1 heterocycles. The van der Waals surface area contributed by atoms with Crippen LogP contribution in [0.15, 0.2) is 64.3 Å². The van der Waals surface area contributed by atoms with Crippen molar-refractivity contribution in [2.45, 2.75) is 19.3 Å². The summed E-state index contributed by atoms with van der Waals surface area (Å²) in [6.07, 6.45) is 19.1. The molecule has 17 heavy (non-hydrogen) atoms. The molecule has 0 aromatic heterocycles. The molecule has 1 heteroatoms. The van der Waals surface area contributed by atoms with E-state index in [1.807, 2.05) is 17.8 Å². The van der Waals surface area contributed by atoms with E-state index in [4.69, 9.17) is 0 Å². The molecule has 0 nitrogen and oxygen atoms in total. The summed E-state index contributed by atoms with van der Waals surface area (Å²) in [5.74, 6) is 1.74. The van der Waals surface area contributed by atoms with Crippen LogP contribution in [0.1, 0.15) is 19.3 Å². The van der Waals surface area contributed by atoms with E-state index in [0.717, 1.165) is 0 Å². The number of thioether (sulfide) groups is 1. The molecular formula is C16H16S. The Hall–Kier alpha value is -1.17. The zero-order valence-corrected chi connectivity index (χ0v) is 10.7. The third-order valence-electron chi connectivity index (χ3n) is 3.42. The van der Waals surface area contributed by atoms with Crippen LogP contribution in [0.5, 0.6) is 0 Å². The lowest BCUT2D eigenvalue weighted by Gasteiger charge is -2.19. The zero-order chi connectivity index (χ0) is 11.5. The van der Waals surface area contributed by atoms with Crippen LogP contribution >= 0.6 is 11.8 Å². The van der Waals surface area contributed by atoms with Crippen LogP contribution in [0, 0.1) is 5.92 Å². The third-order valence-corrected chi connectivity index (χ3v) is 4.60. The Kier molecular flexibility index (Phi) is 3.22. The van der Waals surface area contributed by atoms with Crippen LogP contribution in [-0.4, -0.2) is 5.75 Å². The topological polar surface area (TPSA) is 0 Å². The second-order valence-electron chi connectivity index (χ2n) is 4.55. The van der Waals surface area contributed by atoms with Gasteiger partial charge in [-0.05, 0) is 37.0 Å². The van der Waals surface area contributed by atoms with Crippen molar-refractivity contribution in [1.29, 1.82) is 0 Å². The molecule has 0 aromatic carbocycles. The molecule has 3 aliphatic rings. The molecule has 0 bridgehead atoms. The van der Waals surface area contributed by atoms with Crippen molar-refractivity contribution in [1.82, 2.24) is 0 Å². The Morgan fingerprint density at radius 2 is 2.24 bits per heavy atom. The third kappa shape index (κ3) is 2.41. The maximum Gasteiger partial charge on any atom is 0.0239 e. The van der Waals surface area contributed by atoms with Crippen LogP contribution < -0.4 is 0 Å². The SMILES string of the molecule is C1=CC=CC(C2=CC=C(C3=CCCS3)CC2)C=1. The zero-order valence-electron chi connectivity index (χ0n) is 9.86. The summed E-state index contributed by atoms with van der Waals surface area (Å²) in [4.78, 5) is 1.52. The minimum atomic E-state index is 0.475. The van der Waals surface area contributed by atoms with E-state index in [-0.39, 0.29) is 0 Å². The van der Waals surface area contributed by atoms with Gasteiger partial charge in [0.15, 0.2) is 0 Å². The highest BCUT2D eigenvalue weighted by Crippen LogP contribution is 2.37. The first-order chi connectivity index (χ1) is 8.43. The van der Waals surface area contributed by atoms with E-state index in [9.17, 15) is 0 Å². The lowest BCUT2D eigenvalue weighted by atomic mass is 9.87. The van der Waals surface area contributed by atoms with Gasteiger partial charge in [-0.2, -0.15) is 0 Å². The number of hydrogen-bond acceptors (Lipinski definition) is 1. The Balaban J connectivity index is 1.78. The van der Waals surface area contributed by atoms with E-state index in [1.54, 1.807) is 0 Å². The molecule has 0 saturated carbocycles. The van der Waals surface area contributed by atoms with Crippen molar-refractivity contribution in [3.05, 3.63) is 64.3 Å². The lowest BCUT2D eigenvalue weighted by molar-refractivity contribution is 0.815. The van der Waals surface area contributed by atoms with Gasteiger partial charge in [0.25, 0.3) is 0 Å². The van der Waals surface area contributed by atoms with Crippen LogP contribution in [0.2, 0.25) is 0 Å². The van der Waals surface area contributed by atoms with Gasteiger partial charge in [0.05, 0.1) is 0 Å². The first-order valence-electron chi connectivity index (χ1n) is 6.26. The van der Waals surface area contributed by atoms with E-state index < -0.39 is 0 Å². The average molecular weight is 240 g/mol. The fourth-order valence-electron chi connectivity index (χ4n) is 2.45. The fraction of sp³-hybridized carbons (Fsp3) is 0.312. The Bertz CT molecular complexity index is 494. The lowest BCUT2D eigenvalue weighted by Crippen LogP contribution is -2.03. The van der Waals surface area contributed by atoms with Gasteiger partial charge in [0, 0.05) is 16.6 Å². The fourth-order valence-corrected chi connectivity index (χ4v) is 3.50. The highest BCUT2D eigenvalue weighted by Gasteiger charge is 2.16. The van der Waals surface area contributed by atoms with Crippen molar-refractivity contribution < 1.29 is 0 Å². The summed E-state index contributed by atoms with van der Waals surface area (Å²) in [7, 11) is 0. The highest BCUT2D eigenvalue weighted by molar-refractivity contribution is 8.03. The molecule has 0 saturated heterocycles. The Labute approximate surface area is 107 Å². The molecule has 1 atom stereocenters. The van der Waals surface area contributed by atoms with Crippen LogP contribution in [-0.2, 0) is 0 Å². The molecule has 0 N–H and O–H groups in total. The normalized spacial score (nSPS) is 26.8. The molecule has 0 fully saturated rings. The molecule has 0 spiro atoms. The van der Waals surface area contributed by atoms with Crippen molar-refractivity contribution in [3.63, 3.8) is 0 Å². The second kappa shape index (κ2) is 5.00. The maximum absolute atomic E-state index is 3.18. The van der Waals surface area contributed by atoms with Crippen molar-refractivity contribution in [2.75, 3.05) is 5.75 Å². The molecule has 0 radical (unpaired) electrons. The summed E-state index contributed by atoms with van der Waals surface area (Å²) in [5.41, 5.74) is 6.24. The summed E-state index contributed by atoms with van der Waals surface area (Å²) in [5, 5.41) is 0. The highest BCUT2D eigenvalue weighted by atomic mass is 32.2. The average Bonchev–Trinajstić information content (AvgIpc) is 2.94. The molecule has 2 aliphatic carbocycles. The minimum absolute atomic E-state index is 0.475. The molecular weight excluding hydrogens is 224 g/mol. The molecule has 0 amide bonds. The van der Waals surface area contributed by atoms with E-state index in [2.05, 4.69) is 42.2 Å². The van der Waals surface area contributed by atoms with Gasteiger partial charge >= 0.3 is 0 Å². The van der Waals surface area contributed by atoms with Gasteiger partial charge < -0.3 is 0 Å². The number of rotatable bonds is 2. The molecule has 1 unspecified atom stereocenters. The molecule has 0 aromatic rings. The standard InChI is InChI=1S/C16H16S/c1-2-5-13(6-3-1)14-8-10-15(11-9-14)16-7-4-12-17-16/h1-2,5-8,10,13H,4,9,11-12H2. The van der Waals surface area contributed by atoms with Crippen LogP contribution in [0.4, 0.5) is 0 Å². The van der Waals surface area contributed by atoms with Crippen molar-refractivity contribution >= 4 is 11.8 Å². The van der Waals surface area contributed by atoms with Gasteiger partial charge in [0.1, 0.15) is 0 Å². The largest absolute Gasteiger partial charge is 0.126 e. The van der Waals surface area contributed by atoms with Crippen molar-refractivity contribution in [2.24, 2.45) is 5.92 Å². The molecule has 86 valence electrons. The number of hydrogen-bond donors (Lipinski definition) is 0. The van der Waals surface area contributed by atoms with Crippen LogP contribution in [0.3, 0.4) is 0 Å². The second-order valence-corrected chi connectivity index (χ2v) is 5.69. The van der Waals surface area contributed by atoms with Gasteiger partial charge in [-0.1, -0.05) is 36.0 Å². The van der Waals surface area contributed by atoms with Gasteiger partial charge in [0.2, 0.25) is 0 Å². The summed E-state index contributed by atoms with van der Waals surface area (Å²) in [6, 6.07) is 0. The molecule has 3 rings (SSSR count). The molecule has 1 aliphatic heterocycles. The summed E-state index contributed by atoms with van der Waals surface area (Å²) >= 11 is 2.01. The van der Waals surface area contributed by atoms with Gasteiger partial charge in [-0.15, -0.1) is 17.5 Å². The quantitative estimate of drug-likeness (QED) is 0.638. The Morgan fingerprint density at radius 3 is 2.88 bits per heavy atom. The Morgan fingerprint density at radius 1 is 1.24 bits per heavy atom. The number of allylic oxidation sites excluding steroid dienone is 8. The predicted octanol–water partition coefficient (Wildman–Crippen LogP) is 4.55. The van der Waals surface area contributed by atoms with Gasteiger partial charge in [-0.3, -0.25) is 0 Å². The predicted molar refractivity (Wildman–Crippen MR) is 75.8 cm³/mol.